The summed E-state index contributed by atoms with van der Waals surface area (Å²) in [6, 6.07) is 4.59. The molecule has 1 aromatic carbocycles. The summed E-state index contributed by atoms with van der Waals surface area (Å²) in [4.78, 5) is 46.1. The molecular weight excluding hydrogens is 480 g/mol. The summed E-state index contributed by atoms with van der Waals surface area (Å²) in [6.07, 6.45) is 2.21. The molecule has 1 amide bonds. The first kappa shape index (κ1) is 23.3. The molecule has 0 bridgehead atoms. The summed E-state index contributed by atoms with van der Waals surface area (Å²) in [5, 5.41) is 0.806. The Labute approximate surface area is 211 Å². The molecule has 2 aliphatic heterocycles. The molecule has 11 nitrogen and oxygen atoms in total. The molecule has 0 saturated carbocycles. The highest BCUT2D eigenvalue weighted by atomic mass is 16.7. The van der Waals surface area contributed by atoms with Crippen molar-refractivity contribution in [2.75, 3.05) is 34.1 Å². The molecule has 3 aliphatic rings. The Morgan fingerprint density at radius 3 is 2.59 bits per heavy atom. The van der Waals surface area contributed by atoms with Crippen LogP contribution in [0.25, 0.3) is 22.2 Å². The maximum absolute atomic E-state index is 13.9. The molecular formula is C26H26N4O7. The van der Waals surface area contributed by atoms with Crippen LogP contribution in [0.5, 0.6) is 23.1 Å². The van der Waals surface area contributed by atoms with Crippen molar-refractivity contribution in [2.24, 2.45) is 5.73 Å². The summed E-state index contributed by atoms with van der Waals surface area (Å²) in [5.74, 6) is 0.891. The minimum absolute atomic E-state index is 0.0185. The first-order valence-electron chi connectivity index (χ1n) is 12.1. The molecule has 0 radical (unpaired) electrons. The fourth-order valence-electron chi connectivity index (χ4n) is 5.63. The summed E-state index contributed by atoms with van der Waals surface area (Å²) in [6.45, 7) is 1.71. The molecule has 1 saturated heterocycles. The Kier molecular flexibility index (Phi) is 5.52. The monoisotopic (exact) mass is 506 g/mol. The topological polar surface area (TPSA) is 135 Å². The van der Waals surface area contributed by atoms with Crippen molar-refractivity contribution in [1.29, 1.82) is 0 Å². The molecule has 1 atom stereocenters. The third-order valence-electron chi connectivity index (χ3n) is 7.36. The molecule has 4 heterocycles. The number of rotatable bonds is 7. The Balaban J connectivity index is 1.50. The van der Waals surface area contributed by atoms with Crippen LogP contribution in [0.2, 0.25) is 0 Å². The standard InChI is InChI=1S/C26H26N4O7/c1-34-17-9-13-14(10-18(17)35-2)26(33)30(8-4-7-29-6-3-5-16(29)24(27)32)22-20(13)23(31)15-11-19-25(28-21(15)22)37-12-36-19/h9-11,16H,3-8,12H2,1-2H3,(H2,27,32). The number of ether oxygens (including phenoxy) is 4. The van der Waals surface area contributed by atoms with Gasteiger partial charge in [0.05, 0.1) is 42.5 Å². The molecule has 2 N–H and O–H groups in total. The Hall–Kier alpha value is -4.12. The molecule has 37 heavy (non-hydrogen) atoms. The number of ketones is 1. The van der Waals surface area contributed by atoms with E-state index in [0.717, 1.165) is 19.4 Å². The van der Waals surface area contributed by atoms with Crippen LogP contribution in [0.4, 0.5) is 0 Å². The van der Waals surface area contributed by atoms with E-state index in [2.05, 4.69) is 9.88 Å². The number of nitrogens with zero attached hydrogens (tertiary/aromatic N) is 3. The summed E-state index contributed by atoms with van der Waals surface area (Å²) in [7, 11) is 2.99. The normalized spacial score (nSPS) is 17.8. The molecule has 11 heteroatoms. The van der Waals surface area contributed by atoms with Gasteiger partial charge in [-0.3, -0.25) is 19.3 Å². The van der Waals surface area contributed by atoms with Gasteiger partial charge in [0.2, 0.25) is 12.7 Å². The van der Waals surface area contributed by atoms with Gasteiger partial charge in [0, 0.05) is 18.5 Å². The van der Waals surface area contributed by atoms with Gasteiger partial charge < -0.3 is 29.2 Å². The largest absolute Gasteiger partial charge is 0.493 e. The number of likely N-dealkylation sites (tertiary alicyclic amines) is 1. The SMILES string of the molecule is COc1cc2c3c(n(CCCN4CCCC4C(N)=O)c(=O)c2cc1OC)-c1nc2c(cc1C3=O)OCO2. The van der Waals surface area contributed by atoms with Crippen LogP contribution in [-0.2, 0) is 11.3 Å². The van der Waals surface area contributed by atoms with Crippen LogP contribution in [0.3, 0.4) is 0 Å². The van der Waals surface area contributed by atoms with Crippen molar-refractivity contribution < 1.29 is 28.5 Å². The van der Waals surface area contributed by atoms with Gasteiger partial charge in [-0.25, -0.2) is 4.98 Å². The lowest BCUT2D eigenvalue weighted by Crippen LogP contribution is -2.41. The lowest BCUT2D eigenvalue weighted by Gasteiger charge is -2.22. The number of primary amides is 1. The predicted molar refractivity (Wildman–Crippen MR) is 133 cm³/mol. The second-order valence-electron chi connectivity index (χ2n) is 9.31. The first-order valence-corrected chi connectivity index (χ1v) is 12.1. The smallest absolute Gasteiger partial charge is 0.260 e. The minimum atomic E-state index is -0.331. The zero-order chi connectivity index (χ0) is 25.8. The molecule has 0 spiro atoms. The van der Waals surface area contributed by atoms with E-state index in [4.69, 9.17) is 24.7 Å². The van der Waals surface area contributed by atoms with Crippen LogP contribution in [0.1, 0.15) is 35.2 Å². The number of aromatic nitrogens is 2. The van der Waals surface area contributed by atoms with E-state index in [9.17, 15) is 14.4 Å². The number of amides is 1. The van der Waals surface area contributed by atoms with Crippen molar-refractivity contribution >= 4 is 22.5 Å². The average Bonchev–Trinajstić information content (AvgIpc) is 3.62. The molecule has 1 unspecified atom stereocenters. The van der Waals surface area contributed by atoms with Crippen molar-refractivity contribution in [2.45, 2.75) is 31.8 Å². The van der Waals surface area contributed by atoms with Gasteiger partial charge in [-0.2, -0.15) is 0 Å². The first-order chi connectivity index (χ1) is 17.9. The summed E-state index contributed by atoms with van der Waals surface area (Å²) >= 11 is 0. The van der Waals surface area contributed by atoms with Crippen molar-refractivity contribution in [1.82, 2.24) is 14.5 Å². The van der Waals surface area contributed by atoms with Crippen LogP contribution < -0.4 is 30.2 Å². The Bertz CT molecular complexity index is 1530. The van der Waals surface area contributed by atoms with Crippen molar-refractivity contribution in [3.63, 3.8) is 0 Å². The molecule has 6 rings (SSSR count). The summed E-state index contributed by atoms with van der Waals surface area (Å²) < 4.78 is 23.4. The molecule has 3 aromatic rings. The lowest BCUT2D eigenvalue weighted by atomic mass is 10.0. The van der Waals surface area contributed by atoms with Gasteiger partial charge in [0.25, 0.3) is 11.4 Å². The maximum atomic E-state index is 13.9. The van der Waals surface area contributed by atoms with Gasteiger partial charge in [-0.1, -0.05) is 0 Å². The van der Waals surface area contributed by atoms with E-state index in [1.165, 1.54) is 14.2 Å². The third kappa shape index (κ3) is 3.52. The van der Waals surface area contributed by atoms with Gasteiger partial charge in [-0.05, 0) is 44.0 Å². The number of fused-ring (bicyclic) bond motifs is 6. The van der Waals surface area contributed by atoms with Crippen LogP contribution in [0, 0.1) is 0 Å². The van der Waals surface area contributed by atoms with Crippen LogP contribution in [0.15, 0.2) is 23.0 Å². The number of hydrogen-bond donors (Lipinski definition) is 1. The van der Waals surface area contributed by atoms with E-state index in [1.54, 1.807) is 22.8 Å². The second kappa shape index (κ2) is 8.77. The summed E-state index contributed by atoms with van der Waals surface area (Å²) in [5.41, 5.74) is 6.84. The lowest BCUT2D eigenvalue weighted by molar-refractivity contribution is -0.122. The van der Waals surface area contributed by atoms with Crippen molar-refractivity contribution in [3.05, 3.63) is 39.7 Å². The fourth-order valence-corrected chi connectivity index (χ4v) is 5.63. The van der Waals surface area contributed by atoms with E-state index < -0.39 is 0 Å². The number of hydrogen-bond acceptors (Lipinski definition) is 9. The molecule has 1 aliphatic carbocycles. The Morgan fingerprint density at radius 2 is 1.86 bits per heavy atom. The highest BCUT2D eigenvalue weighted by molar-refractivity contribution is 6.26. The number of nitrogens with two attached hydrogens (primary N) is 1. The zero-order valence-electron chi connectivity index (χ0n) is 20.5. The number of methoxy groups -OCH3 is 2. The number of pyridine rings is 2. The van der Waals surface area contributed by atoms with Crippen LogP contribution in [-0.4, -0.2) is 66.3 Å². The van der Waals surface area contributed by atoms with Crippen LogP contribution >= 0.6 is 0 Å². The molecule has 2 aromatic heterocycles. The quantitative estimate of drug-likeness (QED) is 0.397. The third-order valence-corrected chi connectivity index (χ3v) is 7.36. The van der Waals surface area contributed by atoms with E-state index in [1.807, 2.05) is 0 Å². The van der Waals surface area contributed by atoms with Gasteiger partial charge >= 0.3 is 0 Å². The van der Waals surface area contributed by atoms with Gasteiger partial charge in [0.1, 0.15) is 5.69 Å². The van der Waals surface area contributed by atoms with E-state index >= 15 is 0 Å². The average molecular weight is 507 g/mol. The number of benzene rings is 1. The van der Waals surface area contributed by atoms with E-state index in [-0.39, 0.29) is 36.0 Å². The predicted octanol–water partition coefficient (Wildman–Crippen LogP) is 1.69. The Morgan fingerprint density at radius 1 is 1.11 bits per heavy atom. The number of carbonyl (C=O) groups excluding carboxylic acids is 2. The number of carbonyl (C=O) groups is 2. The molecule has 1 fully saturated rings. The van der Waals surface area contributed by atoms with Gasteiger partial charge in [-0.15, -0.1) is 0 Å². The molecule has 192 valence electrons. The van der Waals surface area contributed by atoms with Crippen molar-refractivity contribution in [3.8, 4) is 34.5 Å². The van der Waals surface area contributed by atoms with Gasteiger partial charge in [0.15, 0.2) is 23.0 Å². The zero-order valence-corrected chi connectivity index (χ0v) is 20.5. The maximum Gasteiger partial charge on any atom is 0.260 e. The van der Waals surface area contributed by atoms with E-state index in [0.29, 0.717) is 70.0 Å². The second-order valence-corrected chi connectivity index (χ2v) is 9.31. The minimum Gasteiger partial charge on any atom is -0.493 e. The highest BCUT2D eigenvalue weighted by Crippen LogP contribution is 2.45. The fraction of sp³-hybridized carbons (Fsp3) is 0.385. The highest BCUT2D eigenvalue weighted by Gasteiger charge is 2.37.